The fraction of sp³-hybridized carbons (Fsp3) is 0.0175. The predicted molar refractivity (Wildman–Crippen MR) is 243 cm³/mol. The fourth-order valence-electron chi connectivity index (χ4n) is 10.2. The SMILES string of the molecule is c1ccc2c(c1)-c1ccccc1C21c2ccccc2-c2ccc(N(c3ccc(-c4cccc5ccccc45)cc3)c3ccc(-c4cccc5ccccc45)cc3)cc21. The summed E-state index contributed by atoms with van der Waals surface area (Å²) in [6.07, 6.45) is 0. The molecule has 0 saturated heterocycles. The second-order valence-corrected chi connectivity index (χ2v) is 15.6. The van der Waals surface area contributed by atoms with Gasteiger partial charge in [0.2, 0.25) is 0 Å². The smallest absolute Gasteiger partial charge is 0.0726 e. The molecule has 0 fully saturated rings. The van der Waals surface area contributed by atoms with E-state index < -0.39 is 5.41 Å². The second kappa shape index (κ2) is 12.8. The first-order chi connectivity index (χ1) is 28.8. The zero-order valence-corrected chi connectivity index (χ0v) is 31.8. The Labute approximate surface area is 338 Å². The third-order valence-electron chi connectivity index (χ3n) is 12.7. The lowest BCUT2D eigenvalue weighted by atomic mass is 9.70. The molecule has 0 aromatic heterocycles. The van der Waals surface area contributed by atoms with E-state index in [4.69, 9.17) is 0 Å². The van der Waals surface area contributed by atoms with E-state index in [1.165, 1.54) is 88.3 Å². The molecule has 10 aromatic rings. The summed E-state index contributed by atoms with van der Waals surface area (Å²) < 4.78 is 0. The van der Waals surface area contributed by atoms with Crippen molar-refractivity contribution in [2.75, 3.05) is 4.90 Å². The average molecular weight is 736 g/mol. The first kappa shape index (κ1) is 32.7. The quantitative estimate of drug-likeness (QED) is 0.170. The van der Waals surface area contributed by atoms with Gasteiger partial charge in [-0.05, 0) is 125 Å². The van der Waals surface area contributed by atoms with E-state index in [1.54, 1.807) is 0 Å². The van der Waals surface area contributed by atoms with Crippen LogP contribution in [0, 0.1) is 0 Å². The number of anilines is 3. The van der Waals surface area contributed by atoms with Gasteiger partial charge in [0.1, 0.15) is 0 Å². The zero-order valence-electron chi connectivity index (χ0n) is 31.8. The Morgan fingerprint density at radius 2 is 0.621 bits per heavy atom. The summed E-state index contributed by atoms with van der Waals surface area (Å²) in [5.41, 5.74) is 18.4. The summed E-state index contributed by atoms with van der Waals surface area (Å²) in [5, 5.41) is 5.03. The maximum atomic E-state index is 2.48. The van der Waals surface area contributed by atoms with E-state index in [9.17, 15) is 0 Å². The predicted octanol–water partition coefficient (Wildman–Crippen LogP) is 15.1. The molecule has 58 heavy (non-hydrogen) atoms. The molecule has 1 nitrogen and oxygen atoms in total. The monoisotopic (exact) mass is 735 g/mol. The molecule has 0 unspecified atom stereocenters. The van der Waals surface area contributed by atoms with Crippen LogP contribution in [0.3, 0.4) is 0 Å². The van der Waals surface area contributed by atoms with Crippen LogP contribution in [0.2, 0.25) is 0 Å². The van der Waals surface area contributed by atoms with Gasteiger partial charge in [-0.3, -0.25) is 0 Å². The number of benzene rings is 10. The van der Waals surface area contributed by atoms with Crippen molar-refractivity contribution in [3.8, 4) is 44.5 Å². The van der Waals surface area contributed by atoms with Gasteiger partial charge in [0.25, 0.3) is 0 Å². The van der Waals surface area contributed by atoms with E-state index in [-0.39, 0.29) is 0 Å². The zero-order chi connectivity index (χ0) is 38.2. The van der Waals surface area contributed by atoms with Gasteiger partial charge < -0.3 is 4.90 Å². The Morgan fingerprint density at radius 1 is 0.259 bits per heavy atom. The lowest BCUT2D eigenvalue weighted by molar-refractivity contribution is 0.793. The van der Waals surface area contributed by atoms with E-state index in [0.717, 1.165) is 17.1 Å². The van der Waals surface area contributed by atoms with Crippen molar-refractivity contribution >= 4 is 38.6 Å². The van der Waals surface area contributed by atoms with Crippen LogP contribution in [0.5, 0.6) is 0 Å². The van der Waals surface area contributed by atoms with E-state index in [0.29, 0.717) is 0 Å². The molecule has 0 amide bonds. The Kier molecular flexibility index (Phi) is 7.21. The molecule has 0 heterocycles. The number of rotatable bonds is 5. The molecule has 0 atom stereocenters. The number of hydrogen-bond donors (Lipinski definition) is 0. The molecular weight excluding hydrogens is 699 g/mol. The fourth-order valence-corrected chi connectivity index (χ4v) is 10.2. The summed E-state index contributed by atoms with van der Waals surface area (Å²) in [6, 6.07) is 83.0. The summed E-state index contributed by atoms with van der Waals surface area (Å²) in [5.74, 6) is 0. The number of hydrogen-bond acceptors (Lipinski definition) is 1. The normalized spacial score (nSPS) is 13.0. The molecule has 2 aliphatic rings. The van der Waals surface area contributed by atoms with Crippen LogP contribution in [0.15, 0.2) is 224 Å². The maximum absolute atomic E-state index is 2.48. The van der Waals surface area contributed by atoms with Crippen molar-refractivity contribution in [2.24, 2.45) is 0 Å². The average Bonchev–Trinajstić information content (AvgIpc) is 3.76. The van der Waals surface area contributed by atoms with Gasteiger partial charge in [-0.15, -0.1) is 0 Å². The minimum atomic E-state index is -0.419. The van der Waals surface area contributed by atoms with Gasteiger partial charge in [0.05, 0.1) is 5.41 Å². The van der Waals surface area contributed by atoms with Gasteiger partial charge in [0.15, 0.2) is 0 Å². The minimum Gasteiger partial charge on any atom is -0.310 e. The largest absolute Gasteiger partial charge is 0.310 e. The van der Waals surface area contributed by atoms with Crippen molar-refractivity contribution in [2.45, 2.75) is 5.41 Å². The van der Waals surface area contributed by atoms with Crippen molar-refractivity contribution in [3.05, 3.63) is 247 Å². The van der Waals surface area contributed by atoms with E-state index >= 15 is 0 Å². The molecule has 270 valence electrons. The summed E-state index contributed by atoms with van der Waals surface area (Å²) in [6.45, 7) is 0. The maximum Gasteiger partial charge on any atom is 0.0726 e. The Hall–Kier alpha value is -7.48. The molecular formula is C57H37N. The molecule has 12 rings (SSSR count). The Morgan fingerprint density at radius 3 is 1.10 bits per heavy atom. The van der Waals surface area contributed by atoms with Gasteiger partial charge in [-0.2, -0.15) is 0 Å². The second-order valence-electron chi connectivity index (χ2n) is 15.6. The third-order valence-corrected chi connectivity index (χ3v) is 12.7. The number of fused-ring (bicyclic) bond motifs is 12. The van der Waals surface area contributed by atoms with Crippen LogP contribution in [-0.4, -0.2) is 0 Å². The lowest BCUT2D eigenvalue weighted by Gasteiger charge is -2.32. The van der Waals surface area contributed by atoms with Crippen molar-refractivity contribution in [1.29, 1.82) is 0 Å². The Bertz CT molecular complexity index is 3030. The van der Waals surface area contributed by atoms with Crippen LogP contribution in [0.1, 0.15) is 22.3 Å². The highest BCUT2D eigenvalue weighted by atomic mass is 15.1. The molecule has 0 bridgehead atoms. The molecule has 10 aromatic carbocycles. The van der Waals surface area contributed by atoms with Gasteiger partial charge in [-0.1, -0.05) is 188 Å². The van der Waals surface area contributed by atoms with Gasteiger partial charge in [0, 0.05) is 17.1 Å². The van der Waals surface area contributed by atoms with Crippen LogP contribution in [0.25, 0.3) is 66.1 Å². The highest BCUT2D eigenvalue weighted by Crippen LogP contribution is 2.63. The third kappa shape index (κ3) is 4.71. The molecule has 0 saturated carbocycles. The highest BCUT2D eigenvalue weighted by Gasteiger charge is 2.51. The molecule has 0 aliphatic heterocycles. The molecule has 2 aliphatic carbocycles. The first-order valence-corrected chi connectivity index (χ1v) is 20.2. The summed E-state index contributed by atoms with van der Waals surface area (Å²) in [7, 11) is 0. The van der Waals surface area contributed by atoms with E-state index in [2.05, 4.69) is 229 Å². The van der Waals surface area contributed by atoms with Gasteiger partial charge in [-0.25, -0.2) is 0 Å². The first-order valence-electron chi connectivity index (χ1n) is 20.2. The molecule has 0 N–H and O–H groups in total. The van der Waals surface area contributed by atoms with Crippen LogP contribution in [0.4, 0.5) is 17.1 Å². The lowest BCUT2D eigenvalue weighted by Crippen LogP contribution is -2.26. The minimum absolute atomic E-state index is 0.419. The van der Waals surface area contributed by atoms with Crippen LogP contribution < -0.4 is 4.90 Å². The molecule has 0 radical (unpaired) electrons. The van der Waals surface area contributed by atoms with Crippen molar-refractivity contribution in [3.63, 3.8) is 0 Å². The van der Waals surface area contributed by atoms with Gasteiger partial charge >= 0.3 is 0 Å². The highest BCUT2D eigenvalue weighted by molar-refractivity contribution is 5.99. The Balaban J connectivity index is 1.05. The molecule has 1 spiro atoms. The topological polar surface area (TPSA) is 3.24 Å². The summed E-state index contributed by atoms with van der Waals surface area (Å²) >= 11 is 0. The molecule has 1 heteroatoms. The van der Waals surface area contributed by atoms with E-state index in [1.807, 2.05) is 0 Å². The van der Waals surface area contributed by atoms with Crippen LogP contribution >= 0.6 is 0 Å². The van der Waals surface area contributed by atoms with Crippen LogP contribution in [-0.2, 0) is 5.41 Å². The number of nitrogens with zero attached hydrogens (tertiary/aromatic N) is 1. The standard InChI is InChI=1S/C57H37N/c1-3-17-45-38(13-1)15-11-22-47(45)40-27-31-42(32-28-40)58(43-33-29-41(30-34-43)48-23-12-16-39-14-2-4-18-46(39)48)44-35-36-52-51-21-7-10-26-55(51)57(56(52)37-44)53-24-8-5-19-49(53)50-20-6-9-25-54(50)57/h1-37H. The van der Waals surface area contributed by atoms with Crippen molar-refractivity contribution in [1.82, 2.24) is 0 Å². The summed E-state index contributed by atoms with van der Waals surface area (Å²) in [4.78, 5) is 2.43. The van der Waals surface area contributed by atoms with Crippen molar-refractivity contribution < 1.29 is 0 Å².